The van der Waals surface area contributed by atoms with Crippen LogP contribution in [0.2, 0.25) is 0 Å². The number of hydrogen-bond acceptors (Lipinski definition) is 3. The largest absolute Gasteiger partial charge is 0.383 e. The Morgan fingerprint density at radius 2 is 1.94 bits per heavy atom. The second-order valence-corrected chi connectivity index (χ2v) is 5.21. The van der Waals surface area contributed by atoms with Crippen molar-refractivity contribution in [3.8, 4) is 0 Å². The van der Waals surface area contributed by atoms with Crippen LogP contribution < -0.4 is 4.72 Å². The maximum Gasteiger partial charge on any atom is 0.240 e. The Labute approximate surface area is 96.7 Å². The molecule has 1 aromatic carbocycles. The molecule has 1 N–H and O–H groups in total. The van der Waals surface area contributed by atoms with E-state index in [-0.39, 0.29) is 10.9 Å². The van der Waals surface area contributed by atoms with E-state index in [0.717, 1.165) is 0 Å². The second-order valence-electron chi connectivity index (χ2n) is 3.49. The summed E-state index contributed by atoms with van der Waals surface area (Å²) in [6, 6.07) is 8.14. The van der Waals surface area contributed by atoms with E-state index in [9.17, 15) is 8.42 Å². The SMILES string of the molecule is CCC(COC)NS(=O)(=O)c1ccccc1. The Balaban J connectivity index is 2.79. The first-order chi connectivity index (χ1) is 7.60. The average Bonchev–Trinajstić information content (AvgIpc) is 2.29. The normalized spacial score (nSPS) is 13.6. The summed E-state index contributed by atoms with van der Waals surface area (Å²) in [5.41, 5.74) is 0. The van der Waals surface area contributed by atoms with Crippen LogP contribution in [0.3, 0.4) is 0 Å². The maximum absolute atomic E-state index is 11.9. The molecule has 0 spiro atoms. The van der Waals surface area contributed by atoms with Crippen molar-refractivity contribution in [2.75, 3.05) is 13.7 Å². The van der Waals surface area contributed by atoms with Gasteiger partial charge in [0, 0.05) is 13.2 Å². The van der Waals surface area contributed by atoms with E-state index in [1.165, 1.54) is 0 Å². The fraction of sp³-hybridized carbons (Fsp3) is 0.455. The molecular formula is C11H17NO3S. The monoisotopic (exact) mass is 243 g/mol. The summed E-state index contributed by atoms with van der Waals surface area (Å²) in [5, 5.41) is 0. The number of benzene rings is 1. The smallest absolute Gasteiger partial charge is 0.240 e. The van der Waals surface area contributed by atoms with Gasteiger partial charge in [-0.05, 0) is 18.6 Å². The van der Waals surface area contributed by atoms with Crippen molar-refractivity contribution in [3.05, 3.63) is 30.3 Å². The average molecular weight is 243 g/mol. The van der Waals surface area contributed by atoms with Crippen LogP contribution in [0.15, 0.2) is 35.2 Å². The summed E-state index contributed by atoms with van der Waals surface area (Å²) in [5.74, 6) is 0. The molecule has 1 unspecified atom stereocenters. The number of rotatable bonds is 6. The van der Waals surface area contributed by atoms with Crippen molar-refractivity contribution < 1.29 is 13.2 Å². The Bertz CT molecular complexity index is 402. The summed E-state index contributed by atoms with van der Waals surface area (Å²) >= 11 is 0. The third-order valence-electron chi connectivity index (χ3n) is 2.24. The van der Waals surface area contributed by atoms with Gasteiger partial charge >= 0.3 is 0 Å². The first kappa shape index (κ1) is 13.2. The quantitative estimate of drug-likeness (QED) is 0.821. The molecule has 0 heterocycles. The van der Waals surface area contributed by atoms with Gasteiger partial charge in [0.2, 0.25) is 10.0 Å². The molecule has 0 bridgehead atoms. The van der Waals surface area contributed by atoms with E-state index >= 15 is 0 Å². The van der Waals surface area contributed by atoms with E-state index in [1.54, 1.807) is 37.4 Å². The van der Waals surface area contributed by atoms with Crippen molar-refractivity contribution in [3.63, 3.8) is 0 Å². The van der Waals surface area contributed by atoms with Gasteiger partial charge in [-0.1, -0.05) is 25.1 Å². The first-order valence-corrected chi connectivity index (χ1v) is 6.64. The lowest BCUT2D eigenvalue weighted by Gasteiger charge is -2.15. The minimum atomic E-state index is -3.42. The van der Waals surface area contributed by atoms with Crippen LogP contribution in [-0.4, -0.2) is 28.2 Å². The van der Waals surface area contributed by atoms with E-state index < -0.39 is 10.0 Å². The van der Waals surface area contributed by atoms with Crippen LogP contribution in [0.5, 0.6) is 0 Å². The van der Waals surface area contributed by atoms with Gasteiger partial charge in [-0.15, -0.1) is 0 Å². The van der Waals surface area contributed by atoms with Gasteiger partial charge in [0.15, 0.2) is 0 Å². The molecule has 5 heteroatoms. The summed E-state index contributed by atoms with van der Waals surface area (Å²) < 4.78 is 31.4. The lowest BCUT2D eigenvalue weighted by atomic mass is 10.3. The van der Waals surface area contributed by atoms with Gasteiger partial charge in [-0.3, -0.25) is 0 Å². The molecule has 1 rings (SSSR count). The van der Waals surface area contributed by atoms with Gasteiger partial charge in [0.05, 0.1) is 11.5 Å². The number of ether oxygens (including phenoxy) is 1. The third kappa shape index (κ3) is 3.59. The van der Waals surface area contributed by atoms with Gasteiger partial charge in [-0.2, -0.15) is 0 Å². The summed E-state index contributed by atoms with van der Waals surface area (Å²) in [4.78, 5) is 0.282. The topological polar surface area (TPSA) is 55.4 Å². The summed E-state index contributed by atoms with van der Waals surface area (Å²) in [6.07, 6.45) is 0.694. The van der Waals surface area contributed by atoms with Crippen molar-refractivity contribution >= 4 is 10.0 Å². The third-order valence-corrected chi connectivity index (χ3v) is 3.77. The summed E-state index contributed by atoms with van der Waals surface area (Å²) in [7, 11) is -1.87. The fourth-order valence-electron chi connectivity index (χ4n) is 1.32. The Hall–Kier alpha value is -0.910. The number of hydrogen-bond donors (Lipinski definition) is 1. The molecule has 0 radical (unpaired) electrons. The van der Waals surface area contributed by atoms with Gasteiger partial charge in [-0.25, -0.2) is 13.1 Å². The predicted octanol–water partition coefficient (Wildman–Crippen LogP) is 1.39. The van der Waals surface area contributed by atoms with Crippen LogP contribution in [0.1, 0.15) is 13.3 Å². The van der Waals surface area contributed by atoms with Crippen LogP contribution in [-0.2, 0) is 14.8 Å². The van der Waals surface area contributed by atoms with E-state index in [0.29, 0.717) is 13.0 Å². The van der Waals surface area contributed by atoms with Gasteiger partial charge < -0.3 is 4.74 Å². The number of methoxy groups -OCH3 is 1. The highest BCUT2D eigenvalue weighted by molar-refractivity contribution is 7.89. The molecule has 1 aromatic rings. The molecule has 16 heavy (non-hydrogen) atoms. The van der Waals surface area contributed by atoms with E-state index in [2.05, 4.69) is 4.72 Å². The fourth-order valence-corrected chi connectivity index (χ4v) is 2.65. The highest BCUT2D eigenvalue weighted by Crippen LogP contribution is 2.08. The molecule has 0 aliphatic rings. The molecule has 0 amide bonds. The van der Waals surface area contributed by atoms with Crippen molar-refractivity contribution in [2.45, 2.75) is 24.3 Å². The minimum Gasteiger partial charge on any atom is -0.383 e. The Morgan fingerprint density at radius 3 is 2.44 bits per heavy atom. The van der Waals surface area contributed by atoms with Crippen molar-refractivity contribution in [1.82, 2.24) is 4.72 Å². The molecule has 0 saturated heterocycles. The van der Waals surface area contributed by atoms with Crippen molar-refractivity contribution in [2.24, 2.45) is 0 Å². The zero-order valence-corrected chi connectivity index (χ0v) is 10.3. The molecule has 0 aliphatic heterocycles. The van der Waals surface area contributed by atoms with Gasteiger partial charge in [0.25, 0.3) is 0 Å². The van der Waals surface area contributed by atoms with Crippen LogP contribution >= 0.6 is 0 Å². The first-order valence-electron chi connectivity index (χ1n) is 5.16. The maximum atomic E-state index is 11.9. The standard InChI is InChI=1S/C11H17NO3S/c1-3-10(9-15-2)12-16(13,14)11-7-5-4-6-8-11/h4-8,10,12H,3,9H2,1-2H3. The molecule has 0 aromatic heterocycles. The van der Waals surface area contributed by atoms with Gasteiger partial charge in [0.1, 0.15) is 0 Å². The molecule has 4 nitrogen and oxygen atoms in total. The summed E-state index contributed by atoms with van der Waals surface area (Å²) in [6.45, 7) is 2.29. The highest BCUT2D eigenvalue weighted by Gasteiger charge is 2.18. The van der Waals surface area contributed by atoms with E-state index in [4.69, 9.17) is 4.74 Å². The zero-order valence-electron chi connectivity index (χ0n) is 9.51. The highest BCUT2D eigenvalue weighted by atomic mass is 32.2. The zero-order chi connectivity index (χ0) is 12.0. The number of nitrogens with one attached hydrogen (secondary N) is 1. The number of sulfonamides is 1. The molecule has 90 valence electrons. The van der Waals surface area contributed by atoms with Crippen LogP contribution in [0.25, 0.3) is 0 Å². The predicted molar refractivity (Wildman–Crippen MR) is 62.7 cm³/mol. The molecule has 1 atom stereocenters. The molecular weight excluding hydrogens is 226 g/mol. The second kappa shape index (κ2) is 5.98. The van der Waals surface area contributed by atoms with E-state index in [1.807, 2.05) is 6.92 Å². The molecule has 0 aliphatic carbocycles. The lowest BCUT2D eigenvalue weighted by molar-refractivity contribution is 0.173. The van der Waals surface area contributed by atoms with Crippen molar-refractivity contribution in [1.29, 1.82) is 0 Å². The molecule has 0 saturated carbocycles. The Morgan fingerprint density at radius 1 is 1.31 bits per heavy atom. The minimum absolute atomic E-state index is 0.185. The molecule has 0 fully saturated rings. The Kier molecular flexibility index (Phi) is 4.92. The lowest BCUT2D eigenvalue weighted by Crippen LogP contribution is -2.37. The van der Waals surface area contributed by atoms with Crippen LogP contribution in [0.4, 0.5) is 0 Å². The van der Waals surface area contributed by atoms with Crippen LogP contribution in [0, 0.1) is 0 Å².